The molecule has 0 atom stereocenters. The number of hydrogen-bond acceptors (Lipinski definition) is 8. The van der Waals surface area contributed by atoms with Gasteiger partial charge in [0.05, 0.1) is 16.6 Å². The smallest absolute Gasteiger partial charge is 0.251 e. The molecule has 2 aromatic heterocycles. The number of carbonyl (C=O) groups excluding carboxylic acids is 1. The first-order valence-corrected chi connectivity index (χ1v) is 12.7. The number of carbonyl (C=O) groups is 1. The summed E-state index contributed by atoms with van der Waals surface area (Å²) >= 11 is 1.35. The van der Waals surface area contributed by atoms with Gasteiger partial charge < -0.3 is 15.5 Å². The van der Waals surface area contributed by atoms with Crippen LogP contribution in [-0.4, -0.2) is 52.1 Å². The van der Waals surface area contributed by atoms with Gasteiger partial charge in [-0.25, -0.2) is 4.98 Å². The Labute approximate surface area is 209 Å². The van der Waals surface area contributed by atoms with Crippen LogP contribution in [0, 0.1) is 5.92 Å². The van der Waals surface area contributed by atoms with Crippen LogP contribution >= 0.6 is 11.5 Å². The molecule has 0 unspecified atom stereocenters. The van der Waals surface area contributed by atoms with Crippen molar-refractivity contribution in [3.63, 3.8) is 0 Å². The molecule has 0 saturated heterocycles. The molecule has 2 heterocycles. The Kier molecular flexibility index (Phi) is 6.85. The van der Waals surface area contributed by atoms with Gasteiger partial charge in [-0.2, -0.15) is 4.98 Å². The van der Waals surface area contributed by atoms with Crippen molar-refractivity contribution in [2.24, 2.45) is 5.92 Å². The number of rotatable bonds is 7. The fourth-order valence-corrected chi connectivity index (χ4v) is 5.10. The van der Waals surface area contributed by atoms with Crippen LogP contribution in [0.3, 0.4) is 0 Å². The maximum Gasteiger partial charge on any atom is 0.251 e. The lowest BCUT2D eigenvalue weighted by atomic mass is 9.86. The van der Waals surface area contributed by atoms with Crippen LogP contribution in [0.1, 0.15) is 36.0 Å². The fraction of sp³-hybridized carbons (Fsp3) is 0.346. The Hall–Kier alpha value is -3.59. The van der Waals surface area contributed by atoms with Gasteiger partial charge in [-0.1, -0.05) is 28.8 Å². The summed E-state index contributed by atoms with van der Waals surface area (Å²) in [5.41, 5.74) is 2.64. The molecule has 1 aliphatic carbocycles. The van der Waals surface area contributed by atoms with Gasteiger partial charge in [-0.3, -0.25) is 4.79 Å². The first kappa shape index (κ1) is 23.2. The SMILES string of the molecule is CN(C)c1nc(NC2CCC(CNC(=O)c3ccc(-c4cnns4)cc3)CC2)nc2ccccc12. The zero-order valence-electron chi connectivity index (χ0n) is 19.9. The largest absolute Gasteiger partial charge is 0.362 e. The molecule has 4 aromatic rings. The summed E-state index contributed by atoms with van der Waals surface area (Å²) in [5, 5.41) is 11.6. The molecule has 2 N–H and O–H groups in total. The topological polar surface area (TPSA) is 95.9 Å². The highest BCUT2D eigenvalue weighted by molar-refractivity contribution is 7.09. The van der Waals surface area contributed by atoms with E-state index in [0.29, 0.717) is 30.0 Å². The Balaban J connectivity index is 1.12. The Morgan fingerprint density at radius 1 is 1.03 bits per heavy atom. The van der Waals surface area contributed by atoms with Crippen LogP contribution in [0.15, 0.2) is 54.7 Å². The zero-order chi connectivity index (χ0) is 24.2. The Morgan fingerprint density at radius 2 is 1.80 bits per heavy atom. The fourth-order valence-electron chi connectivity index (χ4n) is 4.58. The second-order valence-electron chi connectivity index (χ2n) is 9.21. The van der Waals surface area contributed by atoms with Crippen LogP contribution in [0.25, 0.3) is 21.3 Å². The van der Waals surface area contributed by atoms with Crippen LogP contribution in [0.5, 0.6) is 0 Å². The third-order valence-corrected chi connectivity index (χ3v) is 7.24. The minimum atomic E-state index is -0.0278. The predicted molar refractivity (Wildman–Crippen MR) is 141 cm³/mol. The van der Waals surface area contributed by atoms with E-state index in [2.05, 4.69) is 26.3 Å². The van der Waals surface area contributed by atoms with Crippen molar-refractivity contribution in [3.8, 4) is 10.4 Å². The van der Waals surface area contributed by atoms with Crippen molar-refractivity contribution in [3.05, 3.63) is 60.3 Å². The number of para-hydroxylation sites is 1. The third-order valence-electron chi connectivity index (χ3n) is 6.53. The molecule has 1 fully saturated rings. The quantitative estimate of drug-likeness (QED) is 0.393. The number of aromatic nitrogens is 4. The van der Waals surface area contributed by atoms with Crippen molar-refractivity contribution >= 4 is 40.1 Å². The maximum atomic E-state index is 12.6. The summed E-state index contributed by atoms with van der Waals surface area (Å²) in [6.07, 6.45) is 5.92. The lowest BCUT2D eigenvalue weighted by molar-refractivity contribution is 0.0943. The molecule has 0 spiro atoms. The highest BCUT2D eigenvalue weighted by Gasteiger charge is 2.23. The summed E-state index contributed by atoms with van der Waals surface area (Å²) < 4.78 is 3.89. The van der Waals surface area contributed by atoms with Gasteiger partial charge >= 0.3 is 0 Å². The average molecular weight is 488 g/mol. The molecule has 9 heteroatoms. The molecule has 1 amide bonds. The van der Waals surface area contributed by atoms with E-state index in [4.69, 9.17) is 9.97 Å². The lowest BCUT2D eigenvalue weighted by Crippen LogP contribution is -2.34. The first-order chi connectivity index (χ1) is 17.1. The van der Waals surface area contributed by atoms with Crippen molar-refractivity contribution in [1.29, 1.82) is 0 Å². The van der Waals surface area contributed by atoms with Crippen molar-refractivity contribution < 1.29 is 4.79 Å². The number of fused-ring (bicyclic) bond motifs is 1. The summed E-state index contributed by atoms with van der Waals surface area (Å²) in [6, 6.07) is 16.0. The molecular formula is C26H29N7OS. The van der Waals surface area contributed by atoms with Gasteiger partial charge in [-0.15, -0.1) is 5.10 Å². The molecule has 8 nitrogen and oxygen atoms in total. The third kappa shape index (κ3) is 5.40. The van der Waals surface area contributed by atoms with E-state index in [1.54, 1.807) is 6.20 Å². The Morgan fingerprint density at radius 3 is 2.51 bits per heavy atom. The zero-order valence-corrected chi connectivity index (χ0v) is 20.8. The van der Waals surface area contributed by atoms with E-state index in [0.717, 1.165) is 52.8 Å². The van der Waals surface area contributed by atoms with E-state index in [1.165, 1.54) is 11.5 Å². The van der Waals surface area contributed by atoms with Gasteiger partial charge in [0.2, 0.25) is 5.95 Å². The van der Waals surface area contributed by atoms with Gasteiger partial charge in [0.15, 0.2) is 0 Å². The molecule has 180 valence electrons. The summed E-state index contributed by atoms with van der Waals surface area (Å²) in [7, 11) is 4.01. The predicted octanol–water partition coefficient (Wildman–Crippen LogP) is 4.62. The maximum absolute atomic E-state index is 12.6. The highest BCUT2D eigenvalue weighted by Crippen LogP contribution is 2.28. The molecule has 5 rings (SSSR count). The summed E-state index contributed by atoms with van der Waals surface area (Å²) in [6.45, 7) is 0.698. The minimum absolute atomic E-state index is 0.0278. The van der Waals surface area contributed by atoms with Crippen molar-refractivity contribution in [2.45, 2.75) is 31.7 Å². The van der Waals surface area contributed by atoms with E-state index < -0.39 is 0 Å². The second kappa shape index (κ2) is 10.4. The molecule has 0 radical (unpaired) electrons. The van der Waals surface area contributed by atoms with Gasteiger partial charge in [0.25, 0.3) is 5.91 Å². The van der Waals surface area contributed by atoms with Crippen molar-refractivity contribution in [1.82, 2.24) is 24.9 Å². The number of hydrogen-bond donors (Lipinski definition) is 2. The molecule has 0 bridgehead atoms. The second-order valence-corrected chi connectivity index (χ2v) is 10.00. The van der Waals surface area contributed by atoms with Gasteiger partial charge in [-0.05, 0) is 73.0 Å². The summed E-state index contributed by atoms with van der Waals surface area (Å²) in [4.78, 5) is 25.1. The van der Waals surface area contributed by atoms with E-state index in [-0.39, 0.29) is 5.91 Å². The number of nitrogens with zero attached hydrogens (tertiary/aromatic N) is 5. The molecule has 1 saturated carbocycles. The van der Waals surface area contributed by atoms with Crippen LogP contribution in [-0.2, 0) is 0 Å². The minimum Gasteiger partial charge on any atom is -0.362 e. The van der Waals surface area contributed by atoms with Crippen LogP contribution < -0.4 is 15.5 Å². The van der Waals surface area contributed by atoms with Gasteiger partial charge in [0.1, 0.15) is 5.82 Å². The normalized spacial score (nSPS) is 17.8. The molecule has 2 aromatic carbocycles. The van der Waals surface area contributed by atoms with Gasteiger partial charge in [0, 0.05) is 37.6 Å². The van der Waals surface area contributed by atoms with E-state index in [9.17, 15) is 4.79 Å². The van der Waals surface area contributed by atoms with Crippen LogP contribution in [0.4, 0.5) is 11.8 Å². The van der Waals surface area contributed by atoms with E-state index in [1.807, 2.05) is 61.5 Å². The number of anilines is 2. The van der Waals surface area contributed by atoms with Crippen molar-refractivity contribution in [2.75, 3.05) is 30.9 Å². The number of nitrogens with one attached hydrogen (secondary N) is 2. The molecule has 1 aliphatic rings. The number of benzene rings is 2. The first-order valence-electron chi connectivity index (χ1n) is 11.9. The highest BCUT2D eigenvalue weighted by atomic mass is 32.1. The molecular weight excluding hydrogens is 458 g/mol. The Bertz CT molecular complexity index is 1280. The summed E-state index contributed by atoms with van der Waals surface area (Å²) in [5.74, 6) is 2.06. The molecule has 0 aliphatic heterocycles. The van der Waals surface area contributed by atoms with Crippen LogP contribution in [0.2, 0.25) is 0 Å². The lowest BCUT2D eigenvalue weighted by Gasteiger charge is -2.29. The standard InChI is InChI=1S/C26H29N7OS/c1-33(2)24-21-5-3-4-6-22(21)30-26(31-24)29-20-13-7-17(8-14-20)15-27-25(34)19-11-9-18(10-12-19)23-16-28-32-35-23/h3-6,9-12,16-17,20H,7-8,13-15H2,1-2H3,(H,27,34)(H,29,30,31). The molecule has 35 heavy (non-hydrogen) atoms. The van der Waals surface area contributed by atoms with E-state index >= 15 is 0 Å². The average Bonchev–Trinajstić information content (AvgIpc) is 3.43. The number of amides is 1. The monoisotopic (exact) mass is 487 g/mol.